The van der Waals surface area contributed by atoms with Gasteiger partial charge in [-0.15, -0.1) is 0 Å². The third kappa shape index (κ3) is 3.79. The number of benzene rings is 2. The predicted molar refractivity (Wildman–Crippen MR) is 94.3 cm³/mol. The molecule has 0 radical (unpaired) electrons. The van der Waals surface area contributed by atoms with E-state index in [-0.39, 0.29) is 12.3 Å². The topological polar surface area (TPSA) is 56.8 Å². The quantitative estimate of drug-likeness (QED) is 0.881. The second-order valence-corrected chi connectivity index (χ2v) is 5.51. The first kappa shape index (κ1) is 17.7. The van der Waals surface area contributed by atoms with Crippen molar-refractivity contribution in [1.29, 1.82) is 0 Å². The fourth-order valence-electron chi connectivity index (χ4n) is 2.50. The van der Waals surface area contributed by atoms with Crippen molar-refractivity contribution in [3.05, 3.63) is 47.0 Å². The highest BCUT2D eigenvalue weighted by Gasteiger charge is 2.15. The number of hydrogen-bond acceptors (Lipinski definition) is 4. The maximum Gasteiger partial charge on any atom is 0.228 e. The minimum absolute atomic E-state index is 0.0991. The molecule has 0 aliphatic rings. The molecule has 2 aromatic carbocycles. The molecule has 2 aromatic rings. The number of amides is 1. The van der Waals surface area contributed by atoms with Crippen molar-refractivity contribution < 1.29 is 19.0 Å². The Morgan fingerprint density at radius 1 is 1.00 bits per heavy atom. The Hall–Kier alpha value is -2.69. The summed E-state index contributed by atoms with van der Waals surface area (Å²) in [6.45, 7) is 4.01. The molecule has 5 nitrogen and oxygen atoms in total. The fourth-order valence-corrected chi connectivity index (χ4v) is 2.50. The van der Waals surface area contributed by atoms with E-state index in [4.69, 9.17) is 14.2 Å². The summed E-state index contributed by atoms with van der Waals surface area (Å²) in [5, 5.41) is 2.95. The van der Waals surface area contributed by atoms with Gasteiger partial charge < -0.3 is 19.5 Å². The molecule has 24 heavy (non-hydrogen) atoms. The highest BCUT2D eigenvalue weighted by Crippen LogP contribution is 2.38. The lowest BCUT2D eigenvalue weighted by Crippen LogP contribution is -2.15. The average Bonchev–Trinajstić information content (AvgIpc) is 2.57. The second kappa shape index (κ2) is 7.73. The molecule has 0 aliphatic heterocycles. The Balaban J connectivity index is 2.21. The van der Waals surface area contributed by atoms with Crippen LogP contribution in [0.15, 0.2) is 30.3 Å². The van der Waals surface area contributed by atoms with Gasteiger partial charge in [-0.25, -0.2) is 0 Å². The molecule has 0 aliphatic carbocycles. The summed E-state index contributed by atoms with van der Waals surface area (Å²) in [6, 6.07) is 9.41. The number of ether oxygens (including phenoxy) is 3. The van der Waals surface area contributed by atoms with Crippen LogP contribution < -0.4 is 19.5 Å². The van der Waals surface area contributed by atoms with E-state index in [0.717, 1.165) is 22.4 Å². The molecule has 0 saturated carbocycles. The van der Waals surface area contributed by atoms with Gasteiger partial charge in [0.2, 0.25) is 11.7 Å². The largest absolute Gasteiger partial charge is 0.493 e. The Morgan fingerprint density at radius 3 is 2.17 bits per heavy atom. The van der Waals surface area contributed by atoms with E-state index in [2.05, 4.69) is 5.32 Å². The van der Waals surface area contributed by atoms with E-state index in [0.29, 0.717) is 17.2 Å². The van der Waals surface area contributed by atoms with Gasteiger partial charge >= 0.3 is 0 Å². The lowest BCUT2D eigenvalue weighted by atomic mass is 10.1. The first-order chi connectivity index (χ1) is 11.5. The summed E-state index contributed by atoms with van der Waals surface area (Å²) in [7, 11) is 4.65. The second-order valence-electron chi connectivity index (χ2n) is 5.51. The van der Waals surface area contributed by atoms with Gasteiger partial charge in [0, 0.05) is 5.69 Å². The third-order valence-electron chi connectivity index (χ3n) is 3.97. The molecule has 128 valence electrons. The van der Waals surface area contributed by atoms with Crippen LogP contribution in [0.5, 0.6) is 17.2 Å². The van der Waals surface area contributed by atoms with Gasteiger partial charge in [0.05, 0.1) is 27.8 Å². The molecule has 1 N–H and O–H groups in total. The van der Waals surface area contributed by atoms with Crippen LogP contribution in [0.2, 0.25) is 0 Å². The van der Waals surface area contributed by atoms with Crippen molar-refractivity contribution in [3.8, 4) is 17.2 Å². The molecule has 0 atom stereocenters. The van der Waals surface area contributed by atoms with Crippen molar-refractivity contribution >= 4 is 11.6 Å². The first-order valence-corrected chi connectivity index (χ1v) is 7.65. The zero-order chi connectivity index (χ0) is 17.7. The van der Waals surface area contributed by atoms with Gasteiger partial charge in [-0.2, -0.15) is 0 Å². The number of aryl methyl sites for hydroxylation is 1. The summed E-state index contributed by atoms with van der Waals surface area (Å²) in [5.74, 6) is 1.48. The maximum absolute atomic E-state index is 12.4. The van der Waals surface area contributed by atoms with Crippen LogP contribution >= 0.6 is 0 Å². The summed E-state index contributed by atoms with van der Waals surface area (Å²) in [4.78, 5) is 12.4. The Labute approximate surface area is 142 Å². The van der Waals surface area contributed by atoms with Crippen molar-refractivity contribution in [2.75, 3.05) is 26.6 Å². The number of carbonyl (C=O) groups excluding carboxylic acids is 1. The van der Waals surface area contributed by atoms with Gasteiger partial charge in [0.15, 0.2) is 11.5 Å². The molecule has 2 rings (SSSR count). The van der Waals surface area contributed by atoms with E-state index in [1.54, 1.807) is 33.5 Å². The molecular formula is C19H23NO4. The van der Waals surface area contributed by atoms with Gasteiger partial charge in [-0.05, 0) is 48.7 Å². The van der Waals surface area contributed by atoms with E-state index in [1.807, 2.05) is 32.0 Å². The minimum atomic E-state index is -0.0991. The van der Waals surface area contributed by atoms with E-state index in [1.165, 1.54) is 0 Å². The van der Waals surface area contributed by atoms with Crippen LogP contribution in [-0.4, -0.2) is 27.2 Å². The van der Waals surface area contributed by atoms with Crippen LogP contribution in [0.4, 0.5) is 5.69 Å². The first-order valence-electron chi connectivity index (χ1n) is 7.65. The number of hydrogen-bond donors (Lipinski definition) is 1. The van der Waals surface area contributed by atoms with Crippen LogP contribution in [-0.2, 0) is 11.2 Å². The maximum atomic E-state index is 12.4. The van der Waals surface area contributed by atoms with Crippen LogP contribution in [0.25, 0.3) is 0 Å². The van der Waals surface area contributed by atoms with Crippen molar-refractivity contribution in [1.82, 2.24) is 0 Å². The van der Waals surface area contributed by atoms with Crippen molar-refractivity contribution in [2.45, 2.75) is 20.3 Å². The summed E-state index contributed by atoms with van der Waals surface area (Å²) in [6.07, 6.45) is 0.212. The number of carbonyl (C=O) groups is 1. The molecule has 0 heterocycles. The van der Waals surface area contributed by atoms with Gasteiger partial charge in [0.1, 0.15) is 0 Å². The average molecular weight is 329 g/mol. The molecule has 0 bridgehead atoms. The number of methoxy groups -OCH3 is 3. The highest BCUT2D eigenvalue weighted by molar-refractivity contribution is 5.93. The van der Waals surface area contributed by atoms with Gasteiger partial charge in [-0.3, -0.25) is 4.79 Å². The predicted octanol–water partition coefficient (Wildman–Crippen LogP) is 3.51. The molecule has 0 fully saturated rings. The van der Waals surface area contributed by atoms with Gasteiger partial charge in [-0.1, -0.05) is 12.1 Å². The molecule has 0 spiro atoms. The molecule has 5 heteroatoms. The minimum Gasteiger partial charge on any atom is -0.493 e. The standard InChI is InChI=1S/C19H23NO4/c1-12-7-6-8-15(13(12)2)20-18(21)11-14-9-16(22-3)19(24-5)17(10-14)23-4/h6-10H,11H2,1-5H3,(H,20,21). The number of anilines is 1. The lowest BCUT2D eigenvalue weighted by Gasteiger charge is -2.14. The Bertz CT molecular complexity index is 715. The molecule has 0 aromatic heterocycles. The van der Waals surface area contributed by atoms with Crippen LogP contribution in [0.3, 0.4) is 0 Å². The zero-order valence-corrected chi connectivity index (χ0v) is 14.7. The van der Waals surface area contributed by atoms with Crippen molar-refractivity contribution in [3.63, 3.8) is 0 Å². The van der Waals surface area contributed by atoms with E-state index in [9.17, 15) is 4.79 Å². The van der Waals surface area contributed by atoms with E-state index >= 15 is 0 Å². The Kier molecular flexibility index (Phi) is 5.68. The summed E-state index contributed by atoms with van der Waals surface area (Å²) in [5.41, 5.74) is 3.82. The van der Waals surface area contributed by atoms with Gasteiger partial charge in [0.25, 0.3) is 0 Å². The molecule has 1 amide bonds. The number of nitrogens with one attached hydrogen (secondary N) is 1. The SMILES string of the molecule is COc1cc(CC(=O)Nc2cccc(C)c2C)cc(OC)c1OC. The monoisotopic (exact) mass is 329 g/mol. The fraction of sp³-hybridized carbons (Fsp3) is 0.316. The van der Waals surface area contributed by atoms with Crippen LogP contribution in [0, 0.1) is 13.8 Å². The zero-order valence-electron chi connectivity index (χ0n) is 14.7. The molecular weight excluding hydrogens is 306 g/mol. The van der Waals surface area contributed by atoms with Crippen LogP contribution in [0.1, 0.15) is 16.7 Å². The summed E-state index contributed by atoms with van der Waals surface area (Å²) < 4.78 is 15.9. The molecule has 0 unspecified atom stereocenters. The molecule has 0 saturated heterocycles. The Morgan fingerprint density at radius 2 is 1.62 bits per heavy atom. The van der Waals surface area contributed by atoms with E-state index < -0.39 is 0 Å². The lowest BCUT2D eigenvalue weighted by molar-refractivity contribution is -0.115. The smallest absolute Gasteiger partial charge is 0.228 e. The normalized spacial score (nSPS) is 10.2. The highest BCUT2D eigenvalue weighted by atomic mass is 16.5. The van der Waals surface area contributed by atoms with Crippen molar-refractivity contribution in [2.24, 2.45) is 0 Å². The summed E-state index contributed by atoms with van der Waals surface area (Å²) >= 11 is 0. The number of rotatable bonds is 6. The third-order valence-corrected chi connectivity index (χ3v) is 3.97.